The van der Waals surface area contributed by atoms with Gasteiger partial charge in [0.15, 0.2) is 23.1 Å². The first-order valence-corrected chi connectivity index (χ1v) is 42.0. The van der Waals surface area contributed by atoms with Crippen molar-refractivity contribution in [2.75, 3.05) is 19.8 Å². The van der Waals surface area contributed by atoms with E-state index in [1.807, 2.05) is 24.3 Å². The van der Waals surface area contributed by atoms with Gasteiger partial charge in [0.1, 0.15) is 0 Å². The van der Waals surface area contributed by atoms with E-state index in [2.05, 4.69) is 125 Å². The third-order valence-corrected chi connectivity index (χ3v) is 21.4. The molecule has 77 heavy (non-hydrogen) atoms. The summed E-state index contributed by atoms with van der Waals surface area (Å²) in [6, 6.07) is 27.1. The number of nitrogens with zero attached hydrogens (tertiary/aromatic N) is 4. The van der Waals surface area contributed by atoms with E-state index in [1.165, 1.54) is 189 Å². The zero-order valence-corrected chi connectivity index (χ0v) is 53.0. The first-order valence-electron chi connectivity index (χ1n) is 30.9. The molecule has 0 unspecified atom stereocenters. The van der Waals surface area contributed by atoms with Crippen LogP contribution in [0.5, 0.6) is 17.2 Å². The maximum atomic E-state index is 5.93. The molecule has 0 aliphatic heterocycles. The van der Waals surface area contributed by atoms with Crippen LogP contribution in [0.15, 0.2) is 110 Å². The third kappa shape index (κ3) is 30.6. The van der Waals surface area contributed by atoms with E-state index < -0.39 is 21.3 Å². The van der Waals surface area contributed by atoms with Gasteiger partial charge in [-0.05, 0) is 42.4 Å². The summed E-state index contributed by atoms with van der Waals surface area (Å²) >= 11 is -1.31. The number of ether oxygens (including phenoxy) is 3. The molecule has 0 saturated carbocycles. The van der Waals surface area contributed by atoms with Crippen LogP contribution in [-0.2, 0) is 6.42 Å². The number of aromatic nitrogens is 4. The minimum atomic E-state index is -1.31. The van der Waals surface area contributed by atoms with Crippen molar-refractivity contribution in [1.29, 1.82) is 0 Å². The molecule has 5 aromatic rings. The number of unbranched alkanes of at least 4 members (excludes halogenated alkanes) is 23. The number of hydrogen-bond donors (Lipinski definition) is 0. The van der Waals surface area contributed by atoms with E-state index in [0.29, 0.717) is 0 Å². The van der Waals surface area contributed by atoms with E-state index in [-0.39, 0.29) is 0 Å². The van der Waals surface area contributed by atoms with Gasteiger partial charge in [-0.1, -0.05) is 197 Å². The predicted molar refractivity (Wildman–Crippen MR) is 337 cm³/mol. The number of benzene rings is 3. The molecule has 0 fully saturated rings. The second kappa shape index (κ2) is 40.0. The molecule has 0 aliphatic carbocycles. The zero-order chi connectivity index (χ0) is 55.1. The van der Waals surface area contributed by atoms with E-state index in [1.54, 1.807) is 24.8 Å². The molecule has 0 radical (unpaired) electrons. The summed E-state index contributed by atoms with van der Waals surface area (Å²) in [6.07, 6.45) is 43.8. The molecule has 2 aromatic heterocycles. The molecule has 0 aliphatic rings. The Morgan fingerprint density at radius 2 is 0.740 bits per heavy atom. The van der Waals surface area contributed by atoms with Crippen molar-refractivity contribution < 1.29 is 14.2 Å². The molecule has 5 rings (SSSR count). The fourth-order valence-corrected chi connectivity index (χ4v) is 13.6. The summed E-state index contributed by atoms with van der Waals surface area (Å²) in [5.41, 5.74) is 8.15. The van der Waals surface area contributed by atoms with Crippen molar-refractivity contribution >= 4 is 21.3 Å². The summed E-state index contributed by atoms with van der Waals surface area (Å²) < 4.78 is 17.6. The molecule has 2 heterocycles. The monoisotopic (exact) mass is 1130 g/mol. The normalized spacial score (nSPS) is 11.5. The van der Waals surface area contributed by atoms with Gasteiger partial charge in [-0.15, -0.1) is 12.3 Å². The second-order valence-corrected chi connectivity index (χ2v) is 40.4. The van der Waals surface area contributed by atoms with Crippen molar-refractivity contribution in [1.82, 2.24) is 19.9 Å². The Kier molecular flexibility index (Phi) is 33.9. The molecule has 0 bridgehead atoms. The van der Waals surface area contributed by atoms with Gasteiger partial charge in [0, 0.05) is 11.1 Å². The molecule has 0 N–H and O–H groups in total. The Morgan fingerprint density at radius 1 is 0.403 bits per heavy atom. The van der Waals surface area contributed by atoms with Crippen LogP contribution >= 0.6 is 0 Å². The Balaban J connectivity index is 0.000000336. The zero-order valence-electron chi connectivity index (χ0n) is 49.9. The van der Waals surface area contributed by atoms with Crippen molar-refractivity contribution in [3.63, 3.8) is 0 Å². The second-order valence-electron chi connectivity index (χ2n) is 23.7. The quantitative estimate of drug-likeness (QED) is 0.0284. The summed E-state index contributed by atoms with van der Waals surface area (Å²) in [6.45, 7) is 15.6. The van der Waals surface area contributed by atoms with E-state index in [9.17, 15) is 0 Å². The fourth-order valence-electron chi connectivity index (χ4n) is 9.50. The average Bonchev–Trinajstić information content (AvgIpc) is 3.44. The molecule has 0 spiro atoms. The van der Waals surface area contributed by atoms with Crippen LogP contribution in [0.4, 0.5) is 0 Å². The Hall–Kier alpha value is -4.28. The van der Waals surface area contributed by atoms with Crippen LogP contribution in [0.3, 0.4) is 0 Å². The van der Waals surface area contributed by atoms with Crippen LogP contribution in [-0.4, -0.2) is 61.1 Å². The fraction of sp³-hybridized carbons (Fsp3) is 0.588. The van der Waals surface area contributed by atoms with Gasteiger partial charge >= 0.3 is 116 Å². The van der Waals surface area contributed by atoms with Gasteiger partial charge in [0.05, 0.1) is 46.1 Å². The molecule has 9 heteroatoms. The Morgan fingerprint density at radius 3 is 1.16 bits per heavy atom. The summed E-state index contributed by atoms with van der Waals surface area (Å²) in [7, 11) is -1.11. The standard InChI is InChI=1S/C37H54N2OSi.C31H52GeN2O2/c1-5-7-8-9-13-16-19-32-20-22-33(23-21-32)34-24-26-35(27-25-34)37-38-30-36(31-39-37)40-28-17-14-11-10-12-15-18-29-41(3,4)6-2;1-5-6-7-8-9-11-14-18-25-36-30-26-33-31(34-27-30)28-19-21-29(22-20-28)35-24-17-15-12-10-13-16-23-32(2,3)4/h6,20-27,30-31H,2,5,7-19,28-29H2,1,3-4H3;19-22,26-27H,5-18,23-25H2,1-4H3. The number of rotatable bonds is 42. The molecule has 0 atom stereocenters. The first-order chi connectivity index (χ1) is 37.5. The number of aryl methyl sites for hydroxylation is 1. The van der Waals surface area contributed by atoms with Crippen molar-refractivity contribution in [3.05, 3.63) is 115 Å². The van der Waals surface area contributed by atoms with Gasteiger partial charge < -0.3 is 9.47 Å². The molecular formula is C68H106GeN4O3Si. The summed E-state index contributed by atoms with van der Waals surface area (Å²) in [5, 5.41) is 1.52. The summed E-state index contributed by atoms with van der Waals surface area (Å²) in [4.78, 5) is 18.1. The van der Waals surface area contributed by atoms with E-state index in [0.717, 1.165) is 79.1 Å². The van der Waals surface area contributed by atoms with Gasteiger partial charge in [-0.2, -0.15) is 0 Å². The molecule has 0 amide bonds. The third-order valence-electron chi connectivity index (χ3n) is 14.8. The molecule has 424 valence electrons. The van der Waals surface area contributed by atoms with Crippen LogP contribution in [0.1, 0.15) is 193 Å². The van der Waals surface area contributed by atoms with Crippen LogP contribution in [0.2, 0.25) is 41.7 Å². The van der Waals surface area contributed by atoms with Crippen LogP contribution in [0, 0.1) is 0 Å². The van der Waals surface area contributed by atoms with Gasteiger partial charge in [0.25, 0.3) is 0 Å². The molecular weight excluding hydrogens is 1020 g/mol. The van der Waals surface area contributed by atoms with E-state index >= 15 is 0 Å². The average molecular weight is 1130 g/mol. The predicted octanol–water partition coefficient (Wildman–Crippen LogP) is 21.0. The minimum Gasteiger partial charge on any atom is -0.233 e. The van der Waals surface area contributed by atoms with Gasteiger partial charge in [0.2, 0.25) is 0 Å². The molecule has 3 aromatic carbocycles. The van der Waals surface area contributed by atoms with Crippen LogP contribution in [0.25, 0.3) is 33.9 Å². The maximum absolute atomic E-state index is 5.93. The van der Waals surface area contributed by atoms with Crippen molar-refractivity contribution in [2.24, 2.45) is 0 Å². The van der Waals surface area contributed by atoms with Gasteiger partial charge in [-0.3, -0.25) is 0 Å². The van der Waals surface area contributed by atoms with Crippen molar-refractivity contribution in [3.8, 4) is 51.2 Å². The van der Waals surface area contributed by atoms with Gasteiger partial charge in [-0.25, -0.2) is 19.9 Å². The van der Waals surface area contributed by atoms with Crippen LogP contribution < -0.4 is 14.2 Å². The Bertz CT molecular complexity index is 2210. The summed E-state index contributed by atoms with van der Waals surface area (Å²) in [5.74, 6) is 11.4. The SMILES string of the molecule is C=C[Si](C)(C)CCCCCCCCCOc1cnc(-c2ccc(-c3ccc(CCCCCCCC)cc3)cc2)nc1.CCCCCCCCCCOc1cnc(-c2ccc(OCCCCCCC[CH2][Ge]([CH3])([CH3])[CH3])cc2)nc1. The number of hydrogen-bond acceptors (Lipinski definition) is 7. The smallest absolute Gasteiger partial charge is 0.233 e. The Labute approximate surface area is 474 Å². The van der Waals surface area contributed by atoms with E-state index in [4.69, 9.17) is 14.2 Å². The molecule has 7 nitrogen and oxygen atoms in total. The molecule has 0 saturated heterocycles. The topological polar surface area (TPSA) is 79.3 Å². The van der Waals surface area contributed by atoms with Crippen molar-refractivity contribution in [2.45, 2.75) is 235 Å². The minimum absolute atomic E-state index is 0.719. The first kappa shape index (κ1) is 65.2.